The van der Waals surface area contributed by atoms with E-state index in [2.05, 4.69) is 10.1 Å². The molecule has 0 fully saturated rings. The van der Waals surface area contributed by atoms with Gasteiger partial charge < -0.3 is 19.9 Å². The third kappa shape index (κ3) is 7.15. The molecule has 0 saturated heterocycles. The molecule has 0 spiro atoms. The Kier molecular flexibility index (Phi) is 7.03. The highest BCUT2D eigenvalue weighted by atomic mass is 16.6. The van der Waals surface area contributed by atoms with E-state index < -0.39 is 29.8 Å². The number of benzene rings is 1. The van der Waals surface area contributed by atoms with Crippen molar-refractivity contribution in [3.8, 4) is 0 Å². The molecule has 0 radical (unpaired) electrons. The number of methoxy groups -OCH3 is 1. The van der Waals surface area contributed by atoms with Gasteiger partial charge in [0.15, 0.2) is 6.04 Å². The number of nitrogens with one attached hydrogen (secondary N) is 1. The number of ether oxygens (including phenoxy) is 2. The van der Waals surface area contributed by atoms with Gasteiger partial charge in [-0.3, -0.25) is 0 Å². The normalized spacial score (nSPS) is 13.8. The summed E-state index contributed by atoms with van der Waals surface area (Å²) >= 11 is 0. The summed E-state index contributed by atoms with van der Waals surface area (Å²) in [6.07, 6.45) is -0.965. The number of carbonyl (C=O) groups excluding carboxylic acids is 2. The van der Waals surface area contributed by atoms with Crippen LogP contribution in [-0.2, 0) is 20.7 Å². The average Bonchev–Trinajstić information content (AvgIpc) is 2.49. The van der Waals surface area contributed by atoms with Gasteiger partial charge in [0, 0.05) is 0 Å². The van der Waals surface area contributed by atoms with Crippen LogP contribution >= 0.6 is 0 Å². The molecule has 1 amide bonds. The molecule has 128 valence electrons. The van der Waals surface area contributed by atoms with E-state index in [9.17, 15) is 14.7 Å². The highest BCUT2D eigenvalue weighted by Gasteiger charge is 2.31. The first kappa shape index (κ1) is 19.0. The van der Waals surface area contributed by atoms with Gasteiger partial charge >= 0.3 is 12.1 Å². The lowest BCUT2D eigenvalue weighted by Gasteiger charge is -2.25. The van der Waals surface area contributed by atoms with E-state index in [4.69, 9.17) is 4.74 Å². The van der Waals surface area contributed by atoms with Crippen molar-refractivity contribution in [3.63, 3.8) is 0 Å². The van der Waals surface area contributed by atoms with Gasteiger partial charge in [0.25, 0.3) is 0 Å². The molecule has 0 bridgehead atoms. The number of aliphatic hydroxyl groups excluding tert-OH is 1. The predicted molar refractivity (Wildman–Crippen MR) is 85.9 cm³/mol. The number of hydrogen-bond donors (Lipinski definition) is 2. The maximum absolute atomic E-state index is 11.8. The summed E-state index contributed by atoms with van der Waals surface area (Å²) in [6.45, 7) is 5.14. The van der Waals surface area contributed by atoms with Crippen molar-refractivity contribution in [2.75, 3.05) is 7.11 Å². The van der Waals surface area contributed by atoms with Crippen LogP contribution in [0.25, 0.3) is 0 Å². The zero-order chi connectivity index (χ0) is 17.5. The SMILES string of the molecule is COC(=O)C(NC(=O)OC(C)(C)C)C(O)CCc1ccccc1. The van der Waals surface area contributed by atoms with Gasteiger partial charge in [-0.1, -0.05) is 30.3 Å². The van der Waals surface area contributed by atoms with Crippen molar-refractivity contribution in [3.05, 3.63) is 35.9 Å². The maximum atomic E-state index is 11.8. The largest absolute Gasteiger partial charge is 0.467 e. The van der Waals surface area contributed by atoms with Crippen molar-refractivity contribution in [1.82, 2.24) is 5.32 Å². The van der Waals surface area contributed by atoms with Crippen LogP contribution < -0.4 is 5.32 Å². The molecule has 0 saturated carbocycles. The lowest BCUT2D eigenvalue weighted by Crippen LogP contribution is -2.50. The fraction of sp³-hybridized carbons (Fsp3) is 0.529. The number of alkyl carbamates (subject to hydrolysis) is 1. The first-order valence-electron chi connectivity index (χ1n) is 7.52. The first-order chi connectivity index (χ1) is 10.7. The summed E-state index contributed by atoms with van der Waals surface area (Å²) in [6, 6.07) is 8.40. The molecule has 0 aliphatic carbocycles. The minimum atomic E-state index is -1.17. The van der Waals surface area contributed by atoms with Crippen LogP contribution in [0.2, 0.25) is 0 Å². The third-order valence-corrected chi connectivity index (χ3v) is 3.08. The Balaban J connectivity index is 2.65. The lowest BCUT2D eigenvalue weighted by atomic mass is 10.0. The van der Waals surface area contributed by atoms with Crippen molar-refractivity contribution in [1.29, 1.82) is 0 Å². The Bertz CT molecular complexity index is 509. The Hall–Kier alpha value is -2.08. The monoisotopic (exact) mass is 323 g/mol. The summed E-state index contributed by atoms with van der Waals surface area (Å²) in [5.74, 6) is -0.712. The second-order valence-electron chi connectivity index (χ2n) is 6.24. The van der Waals surface area contributed by atoms with Gasteiger partial charge in [0.05, 0.1) is 13.2 Å². The number of hydrogen-bond acceptors (Lipinski definition) is 5. The molecular formula is C17H25NO5. The Labute approximate surface area is 136 Å². The van der Waals surface area contributed by atoms with Crippen LogP contribution in [0.1, 0.15) is 32.8 Å². The zero-order valence-corrected chi connectivity index (χ0v) is 14.0. The molecule has 2 N–H and O–H groups in total. The number of amides is 1. The van der Waals surface area contributed by atoms with Crippen molar-refractivity contribution in [2.45, 2.75) is 51.4 Å². The number of aryl methyl sites for hydroxylation is 1. The van der Waals surface area contributed by atoms with Crippen molar-refractivity contribution >= 4 is 12.1 Å². The summed E-state index contributed by atoms with van der Waals surface area (Å²) < 4.78 is 9.75. The predicted octanol–water partition coefficient (Wildman–Crippen LogP) is 2.05. The van der Waals surface area contributed by atoms with E-state index in [1.165, 1.54) is 7.11 Å². The number of esters is 1. The molecule has 0 heterocycles. The second-order valence-corrected chi connectivity index (χ2v) is 6.24. The Morgan fingerprint density at radius 1 is 1.22 bits per heavy atom. The fourth-order valence-corrected chi connectivity index (χ4v) is 2.00. The molecule has 2 unspecified atom stereocenters. The summed E-state index contributed by atoms with van der Waals surface area (Å²) in [7, 11) is 1.20. The van der Waals surface area contributed by atoms with Crippen LogP contribution in [-0.4, -0.2) is 42.0 Å². The van der Waals surface area contributed by atoms with Gasteiger partial charge in [-0.15, -0.1) is 0 Å². The molecule has 23 heavy (non-hydrogen) atoms. The van der Waals surface area contributed by atoms with Crippen molar-refractivity contribution < 1.29 is 24.2 Å². The molecule has 6 nitrogen and oxygen atoms in total. The molecule has 1 rings (SSSR count). The van der Waals surface area contributed by atoms with E-state index in [0.717, 1.165) is 5.56 Å². The Morgan fingerprint density at radius 2 is 1.83 bits per heavy atom. The van der Waals surface area contributed by atoms with Crippen LogP contribution in [0.15, 0.2) is 30.3 Å². The zero-order valence-electron chi connectivity index (χ0n) is 14.0. The highest BCUT2D eigenvalue weighted by Crippen LogP contribution is 2.11. The van der Waals surface area contributed by atoms with Crippen molar-refractivity contribution in [2.24, 2.45) is 0 Å². The van der Waals surface area contributed by atoms with E-state index >= 15 is 0 Å². The standard InChI is InChI=1S/C17H25NO5/c1-17(2,3)23-16(21)18-14(15(20)22-4)13(19)11-10-12-8-6-5-7-9-12/h5-9,13-14,19H,10-11H2,1-4H3,(H,18,21). The van der Waals surface area contributed by atoms with E-state index in [0.29, 0.717) is 12.8 Å². The molecule has 0 aliphatic heterocycles. The van der Waals surface area contributed by atoms with Crippen LogP contribution in [0.3, 0.4) is 0 Å². The molecule has 0 aliphatic rings. The van der Waals surface area contributed by atoms with E-state index in [1.807, 2.05) is 30.3 Å². The number of aliphatic hydroxyl groups is 1. The summed E-state index contributed by atoms with van der Waals surface area (Å²) in [5.41, 5.74) is 0.340. The van der Waals surface area contributed by atoms with Gasteiger partial charge in [-0.2, -0.15) is 0 Å². The molecule has 1 aromatic rings. The highest BCUT2D eigenvalue weighted by molar-refractivity contribution is 5.82. The molecule has 1 aromatic carbocycles. The Morgan fingerprint density at radius 3 is 2.35 bits per heavy atom. The summed E-state index contributed by atoms with van der Waals surface area (Å²) in [5, 5.41) is 12.6. The minimum absolute atomic E-state index is 0.305. The van der Waals surface area contributed by atoms with Gasteiger partial charge in [-0.25, -0.2) is 9.59 Å². The van der Waals surface area contributed by atoms with Gasteiger partial charge in [0.2, 0.25) is 0 Å². The topological polar surface area (TPSA) is 84.9 Å². The van der Waals surface area contributed by atoms with Gasteiger partial charge in [-0.05, 0) is 39.2 Å². The molecular weight excluding hydrogens is 298 g/mol. The fourth-order valence-electron chi connectivity index (χ4n) is 2.00. The lowest BCUT2D eigenvalue weighted by molar-refractivity contribution is -0.146. The van der Waals surface area contributed by atoms with E-state index in [-0.39, 0.29) is 0 Å². The smallest absolute Gasteiger partial charge is 0.408 e. The minimum Gasteiger partial charge on any atom is -0.467 e. The molecule has 0 aromatic heterocycles. The van der Waals surface area contributed by atoms with Gasteiger partial charge in [0.1, 0.15) is 5.60 Å². The van der Waals surface area contributed by atoms with Crippen LogP contribution in [0.4, 0.5) is 4.79 Å². The average molecular weight is 323 g/mol. The van der Waals surface area contributed by atoms with Crippen LogP contribution in [0, 0.1) is 0 Å². The number of carbonyl (C=O) groups is 2. The summed E-state index contributed by atoms with van der Waals surface area (Å²) in [4.78, 5) is 23.6. The third-order valence-electron chi connectivity index (χ3n) is 3.08. The molecule has 2 atom stereocenters. The number of rotatable bonds is 6. The maximum Gasteiger partial charge on any atom is 0.408 e. The van der Waals surface area contributed by atoms with Crippen LogP contribution in [0.5, 0.6) is 0 Å². The van der Waals surface area contributed by atoms with E-state index in [1.54, 1.807) is 20.8 Å². The quantitative estimate of drug-likeness (QED) is 0.783. The second kappa shape index (κ2) is 8.53. The first-order valence-corrected chi connectivity index (χ1v) is 7.52. The molecule has 6 heteroatoms.